The maximum Gasteiger partial charge on any atom is 0.616 e. The summed E-state index contributed by atoms with van der Waals surface area (Å²) in [4.78, 5) is 0. The normalized spacial score (nSPS) is 13.4. The highest BCUT2D eigenvalue weighted by molar-refractivity contribution is 6.58. The molecule has 0 unspecified atom stereocenters. The predicted molar refractivity (Wildman–Crippen MR) is 42.3 cm³/mol. The highest BCUT2D eigenvalue weighted by Gasteiger charge is 2.41. The molecule has 7 heteroatoms. The molecule has 0 fully saturated rings. The van der Waals surface area contributed by atoms with Gasteiger partial charge >= 0.3 is 9.08 Å². The monoisotopic (exact) mass is 218 g/mol. The van der Waals surface area contributed by atoms with Crippen LogP contribution < -0.4 is 0 Å². The van der Waals surface area contributed by atoms with Gasteiger partial charge in [-0.3, -0.25) is 0 Å². The van der Waals surface area contributed by atoms with Gasteiger partial charge in [0.05, 0.1) is 0 Å². The Morgan fingerprint density at radius 2 is 1.38 bits per heavy atom. The van der Waals surface area contributed by atoms with Crippen molar-refractivity contribution < 1.29 is 26.5 Å². The Morgan fingerprint density at radius 1 is 1.00 bits per heavy atom. The molecule has 0 heterocycles. The van der Waals surface area contributed by atoms with Gasteiger partial charge in [0.2, 0.25) is 0 Å². The summed E-state index contributed by atoms with van der Waals surface area (Å²) in [5, 5.41) is 0. The molecule has 0 saturated heterocycles. The van der Waals surface area contributed by atoms with Gasteiger partial charge in [-0.25, -0.2) is 12.3 Å². The first-order valence-corrected chi connectivity index (χ1v) is 5.45. The van der Waals surface area contributed by atoms with Crippen molar-refractivity contribution >= 4 is 9.08 Å². The van der Waals surface area contributed by atoms with Crippen molar-refractivity contribution in [1.82, 2.24) is 0 Å². The largest absolute Gasteiger partial charge is 0.616 e. The zero-order valence-electron chi connectivity index (χ0n) is 7.77. The lowest BCUT2D eigenvalue weighted by atomic mass is 10.4. The van der Waals surface area contributed by atoms with E-state index in [1.165, 1.54) is 21.3 Å². The third-order valence-electron chi connectivity index (χ3n) is 1.65. The molecule has 0 radical (unpaired) electrons. The molecule has 0 N–H and O–H groups in total. The second-order valence-corrected chi connectivity index (χ2v) is 4.14. The van der Waals surface area contributed by atoms with Crippen LogP contribution in [0.25, 0.3) is 0 Å². The first kappa shape index (κ1) is 12.9. The third kappa shape index (κ3) is 4.60. The summed E-state index contributed by atoms with van der Waals surface area (Å²) in [5.74, 6) is -1.55. The molecule has 0 spiro atoms. The van der Waals surface area contributed by atoms with Crippen LogP contribution in [0.5, 0.6) is 0 Å². The van der Waals surface area contributed by atoms with Crippen molar-refractivity contribution in [1.29, 1.82) is 0 Å². The Labute approximate surface area is 76.3 Å². The van der Waals surface area contributed by atoms with Crippen LogP contribution in [0.1, 0.15) is 6.42 Å². The minimum atomic E-state index is -5.56. The maximum atomic E-state index is 12.0. The fraction of sp³-hybridized carbons (Fsp3) is 1.00. The van der Waals surface area contributed by atoms with Gasteiger partial charge < -0.3 is 14.2 Å². The van der Waals surface area contributed by atoms with Crippen molar-refractivity contribution in [2.24, 2.45) is 0 Å². The molecule has 3 nitrogen and oxygen atoms in total. The summed E-state index contributed by atoms with van der Waals surface area (Å²) in [6.07, 6.45) is -0.327. The van der Waals surface area contributed by atoms with Gasteiger partial charge in [0.25, 0.3) is 5.97 Å². The van der Waals surface area contributed by atoms with Gasteiger partial charge in [-0.2, -0.15) is 0 Å². The van der Waals surface area contributed by atoms with E-state index in [4.69, 9.17) is 14.2 Å². The van der Waals surface area contributed by atoms with Gasteiger partial charge in [0.1, 0.15) is 0 Å². The van der Waals surface area contributed by atoms with Gasteiger partial charge in [0, 0.05) is 33.8 Å². The molecule has 0 rings (SSSR count). The summed E-state index contributed by atoms with van der Waals surface area (Å²) in [6.45, 7) is 0. The Kier molecular flexibility index (Phi) is 4.90. The summed E-state index contributed by atoms with van der Waals surface area (Å²) in [7, 11) is -1.83. The number of hydrogen-bond donors (Lipinski definition) is 0. The lowest BCUT2D eigenvalue weighted by Gasteiger charge is -2.28. The first-order valence-electron chi connectivity index (χ1n) is 3.61. The van der Waals surface area contributed by atoms with Gasteiger partial charge in [0.15, 0.2) is 0 Å². The van der Waals surface area contributed by atoms with E-state index in [9.17, 15) is 12.3 Å². The SMILES string of the molecule is COC(CC[Si](F)(F)F)(OC)OC. The van der Waals surface area contributed by atoms with Crippen LogP contribution in [0.2, 0.25) is 6.04 Å². The Balaban J connectivity index is 4.11. The molecule has 13 heavy (non-hydrogen) atoms. The van der Waals surface area contributed by atoms with Crippen LogP contribution in [0, 0.1) is 0 Å². The predicted octanol–water partition coefficient (Wildman–Crippen LogP) is 1.82. The van der Waals surface area contributed by atoms with Crippen molar-refractivity contribution in [2.75, 3.05) is 21.3 Å². The highest BCUT2D eigenvalue weighted by atomic mass is 28.5. The van der Waals surface area contributed by atoms with Crippen molar-refractivity contribution in [3.8, 4) is 0 Å². The smallest absolute Gasteiger partial charge is 0.331 e. The number of ether oxygens (including phenoxy) is 3. The molecule has 0 saturated carbocycles. The van der Waals surface area contributed by atoms with Crippen molar-refractivity contribution in [3.63, 3.8) is 0 Å². The van der Waals surface area contributed by atoms with E-state index in [0.717, 1.165) is 0 Å². The molecule has 0 aromatic rings. The molecule has 80 valence electrons. The molecule has 0 amide bonds. The second-order valence-electron chi connectivity index (χ2n) is 2.41. The van der Waals surface area contributed by atoms with E-state index in [-0.39, 0.29) is 6.42 Å². The van der Waals surface area contributed by atoms with Crippen molar-refractivity contribution in [3.05, 3.63) is 0 Å². The highest BCUT2D eigenvalue weighted by Crippen LogP contribution is 2.26. The van der Waals surface area contributed by atoms with Crippen LogP contribution in [-0.4, -0.2) is 36.4 Å². The van der Waals surface area contributed by atoms with Gasteiger partial charge in [-0.05, 0) is 0 Å². The van der Waals surface area contributed by atoms with Crippen LogP contribution in [0.3, 0.4) is 0 Å². The minimum absolute atomic E-state index is 0.327. The lowest BCUT2D eigenvalue weighted by molar-refractivity contribution is -0.353. The van der Waals surface area contributed by atoms with Gasteiger partial charge in [-0.15, -0.1) is 0 Å². The quantitative estimate of drug-likeness (QED) is 0.386. The van der Waals surface area contributed by atoms with Crippen LogP contribution in [0.4, 0.5) is 12.3 Å². The van der Waals surface area contributed by atoms with E-state index in [2.05, 4.69) is 0 Å². The number of rotatable bonds is 6. The first-order chi connectivity index (χ1) is 5.89. The molecular weight excluding hydrogens is 205 g/mol. The summed E-state index contributed by atoms with van der Waals surface area (Å²) < 4.78 is 50.0. The minimum Gasteiger partial charge on any atom is -0.331 e. The molecule has 0 aromatic carbocycles. The van der Waals surface area contributed by atoms with E-state index < -0.39 is 21.1 Å². The number of methoxy groups -OCH3 is 3. The Bertz CT molecular complexity index is 138. The van der Waals surface area contributed by atoms with E-state index >= 15 is 0 Å². The zero-order valence-corrected chi connectivity index (χ0v) is 8.77. The summed E-state index contributed by atoms with van der Waals surface area (Å²) >= 11 is 0. The van der Waals surface area contributed by atoms with Crippen molar-refractivity contribution in [2.45, 2.75) is 18.4 Å². The maximum absolute atomic E-state index is 12.0. The molecule has 0 aromatic heterocycles. The average Bonchev–Trinajstić information content (AvgIpc) is 2.06. The fourth-order valence-electron chi connectivity index (χ4n) is 0.851. The number of hydrogen-bond acceptors (Lipinski definition) is 3. The molecule has 0 aliphatic rings. The Hall–Kier alpha value is -0.113. The average molecular weight is 218 g/mol. The second kappa shape index (κ2) is 4.94. The topological polar surface area (TPSA) is 27.7 Å². The zero-order chi connectivity index (χ0) is 10.5. The molecule has 0 aliphatic carbocycles. The standard InChI is InChI=1S/C6H13F3O3Si/c1-10-6(11-2,12-3)4-5-13(7,8)9/h4-5H2,1-3H3. The van der Waals surface area contributed by atoms with Crippen LogP contribution >= 0.6 is 0 Å². The molecular formula is C6H13F3O3Si. The summed E-state index contributed by atoms with van der Waals surface area (Å²) in [5.41, 5.74) is 0. The fourth-order valence-corrected chi connectivity index (χ4v) is 1.44. The van der Waals surface area contributed by atoms with E-state index in [0.29, 0.717) is 0 Å². The molecule has 0 bridgehead atoms. The Morgan fingerprint density at radius 3 is 1.62 bits per heavy atom. The lowest BCUT2D eigenvalue weighted by Crippen LogP contribution is -2.37. The number of halogens is 3. The summed E-state index contributed by atoms with van der Waals surface area (Å²) in [6, 6.07) is -0.872. The molecule has 0 atom stereocenters. The van der Waals surface area contributed by atoms with Crippen LogP contribution in [0.15, 0.2) is 0 Å². The van der Waals surface area contributed by atoms with E-state index in [1.807, 2.05) is 0 Å². The van der Waals surface area contributed by atoms with E-state index in [1.54, 1.807) is 0 Å². The third-order valence-corrected chi connectivity index (χ3v) is 2.46. The van der Waals surface area contributed by atoms with Crippen LogP contribution in [-0.2, 0) is 14.2 Å². The van der Waals surface area contributed by atoms with Gasteiger partial charge in [-0.1, -0.05) is 0 Å². The molecule has 0 aliphatic heterocycles.